The largest absolute Gasteiger partial charge is 0.352 e. The van der Waals surface area contributed by atoms with Crippen molar-refractivity contribution in [3.63, 3.8) is 0 Å². The molecule has 1 aliphatic heterocycles. The fraction of sp³-hybridized carbons (Fsp3) is 0.562. The first-order valence-electron chi connectivity index (χ1n) is 7.53. The number of hydrogen-bond acceptors (Lipinski definition) is 3. The summed E-state index contributed by atoms with van der Waals surface area (Å²) in [5, 5.41) is 2.97. The van der Waals surface area contributed by atoms with Crippen LogP contribution in [0.5, 0.6) is 0 Å². The molecule has 0 radical (unpaired) electrons. The van der Waals surface area contributed by atoms with Crippen molar-refractivity contribution >= 4 is 11.8 Å². The Hall–Kier alpha value is -1.91. The van der Waals surface area contributed by atoms with Gasteiger partial charge in [-0.3, -0.25) is 14.6 Å². The first-order valence-corrected chi connectivity index (χ1v) is 7.53. The summed E-state index contributed by atoms with van der Waals surface area (Å²) in [7, 11) is 0. The number of carbonyl (C=O) groups excluding carboxylic acids is 2. The van der Waals surface area contributed by atoms with Gasteiger partial charge in [0.2, 0.25) is 11.8 Å². The molecule has 1 saturated heterocycles. The van der Waals surface area contributed by atoms with Crippen LogP contribution < -0.4 is 5.32 Å². The van der Waals surface area contributed by atoms with Gasteiger partial charge >= 0.3 is 0 Å². The van der Waals surface area contributed by atoms with Crippen molar-refractivity contribution in [2.24, 2.45) is 11.8 Å². The Morgan fingerprint density at radius 3 is 2.48 bits per heavy atom. The minimum atomic E-state index is 0.0167. The van der Waals surface area contributed by atoms with Crippen LogP contribution in [0.3, 0.4) is 0 Å². The van der Waals surface area contributed by atoms with E-state index in [-0.39, 0.29) is 23.7 Å². The summed E-state index contributed by atoms with van der Waals surface area (Å²) in [6.07, 6.45) is 4.94. The van der Waals surface area contributed by atoms with Crippen LogP contribution in [-0.2, 0) is 16.1 Å². The summed E-state index contributed by atoms with van der Waals surface area (Å²) < 4.78 is 0. The monoisotopic (exact) mass is 289 g/mol. The molecule has 5 nitrogen and oxygen atoms in total. The van der Waals surface area contributed by atoms with Gasteiger partial charge in [0.15, 0.2) is 0 Å². The topological polar surface area (TPSA) is 62.3 Å². The molecule has 1 aromatic heterocycles. The number of likely N-dealkylation sites (tertiary alicyclic amines) is 1. The maximum Gasteiger partial charge on any atom is 0.225 e. The molecule has 0 bridgehead atoms. The number of amides is 2. The Kier molecular flexibility index (Phi) is 5.31. The zero-order chi connectivity index (χ0) is 15.2. The van der Waals surface area contributed by atoms with Crippen LogP contribution in [0.25, 0.3) is 0 Å². The molecule has 2 heterocycles. The molecule has 0 unspecified atom stereocenters. The van der Waals surface area contributed by atoms with Crippen LogP contribution >= 0.6 is 0 Å². The molecule has 0 aliphatic carbocycles. The minimum absolute atomic E-state index is 0.0167. The molecule has 2 rings (SSSR count). The minimum Gasteiger partial charge on any atom is -0.352 e. The number of nitrogens with zero attached hydrogens (tertiary/aromatic N) is 2. The number of nitrogens with one attached hydrogen (secondary N) is 1. The summed E-state index contributed by atoms with van der Waals surface area (Å²) in [5.74, 6) is 0.319. The van der Waals surface area contributed by atoms with Crippen molar-refractivity contribution in [2.45, 2.75) is 33.2 Å². The lowest BCUT2D eigenvalue weighted by Crippen LogP contribution is -2.44. The second kappa shape index (κ2) is 7.20. The molecule has 5 heteroatoms. The molecule has 1 aliphatic rings. The summed E-state index contributed by atoms with van der Waals surface area (Å²) in [6, 6.07) is 3.79. The predicted octanol–water partition coefficient (Wildman–Crippen LogP) is 1.59. The van der Waals surface area contributed by atoms with Gasteiger partial charge in [-0.25, -0.2) is 0 Å². The maximum atomic E-state index is 12.2. The lowest BCUT2D eigenvalue weighted by molar-refractivity contribution is -0.138. The molecular weight excluding hydrogens is 266 g/mol. The highest BCUT2D eigenvalue weighted by molar-refractivity contribution is 5.80. The predicted molar refractivity (Wildman–Crippen MR) is 80.2 cm³/mol. The molecule has 0 saturated carbocycles. The lowest BCUT2D eigenvalue weighted by Gasteiger charge is -2.32. The quantitative estimate of drug-likeness (QED) is 0.915. The second-order valence-corrected chi connectivity index (χ2v) is 5.83. The van der Waals surface area contributed by atoms with Gasteiger partial charge in [-0.05, 0) is 30.5 Å². The van der Waals surface area contributed by atoms with E-state index in [1.54, 1.807) is 12.4 Å². The summed E-state index contributed by atoms with van der Waals surface area (Å²) in [4.78, 5) is 29.9. The molecule has 2 amide bonds. The second-order valence-electron chi connectivity index (χ2n) is 5.83. The summed E-state index contributed by atoms with van der Waals surface area (Å²) in [5.41, 5.74) is 1.05. The zero-order valence-electron chi connectivity index (χ0n) is 12.7. The molecule has 0 atom stereocenters. The van der Waals surface area contributed by atoms with Crippen molar-refractivity contribution < 1.29 is 9.59 Å². The smallest absolute Gasteiger partial charge is 0.225 e. The van der Waals surface area contributed by atoms with E-state index < -0.39 is 0 Å². The Morgan fingerprint density at radius 1 is 1.29 bits per heavy atom. The van der Waals surface area contributed by atoms with Crippen LogP contribution in [0.2, 0.25) is 0 Å². The van der Waals surface area contributed by atoms with Gasteiger partial charge in [-0.1, -0.05) is 13.8 Å². The van der Waals surface area contributed by atoms with Crippen molar-refractivity contribution in [3.8, 4) is 0 Å². The summed E-state index contributed by atoms with van der Waals surface area (Å²) >= 11 is 0. The number of pyridine rings is 1. The fourth-order valence-electron chi connectivity index (χ4n) is 2.56. The van der Waals surface area contributed by atoms with Gasteiger partial charge < -0.3 is 10.2 Å². The Bertz CT molecular complexity index is 480. The third kappa shape index (κ3) is 4.28. The first-order chi connectivity index (χ1) is 10.1. The number of rotatable bonds is 4. The Balaban J connectivity index is 1.77. The van der Waals surface area contributed by atoms with E-state index >= 15 is 0 Å². The number of piperidine rings is 1. The zero-order valence-corrected chi connectivity index (χ0v) is 12.7. The van der Waals surface area contributed by atoms with Crippen LogP contribution in [0.1, 0.15) is 32.3 Å². The van der Waals surface area contributed by atoms with E-state index in [0.29, 0.717) is 19.6 Å². The Labute approximate surface area is 125 Å². The summed E-state index contributed by atoms with van der Waals surface area (Å²) in [6.45, 7) is 5.73. The molecule has 1 fully saturated rings. The van der Waals surface area contributed by atoms with E-state index in [4.69, 9.17) is 0 Å². The first kappa shape index (κ1) is 15.5. The molecule has 1 N–H and O–H groups in total. The van der Waals surface area contributed by atoms with Crippen molar-refractivity contribution in [3.05, 3.63) is 30.1 Å². The SMILES string of the molecule is CC(C)C(=O)N1CCC(C(=O)NCc2ccncc2)CC1. The third-order valence-corrected chi connectivity index (χ3v) is 3.89. The lowest BCUT2D eigenvalue weighted by atomic mass is 9.95. The molecule has 0 aromatic carbocycles. The third-order valence-electron chi connectivity index (χ3n) is 3.89. The number of aromatic nitrogens is 1. The van der Waals surface area contributed by atoms with Crippen molar-refractivity contribution in [2.75, 3.05) is 13.1 Å². The van der Waals surface area contributed by atoms with Crippen LogP contribution in [-0.4, -0.2) is 34.8 Å². The fourth-order valence-corrected chi connectivity index (χ4v) is 2.56. The van der Waals surface area contributed by atoms with Crippen LogP contribution in [0.15, 0.2) is 24.5 Å². The molecule has 1 aromatic rings. The molecule has 0 spiro atoms. The van der Waals surface area contributed by atoms with Gasteiger partial charge in [0.1, 0.15) is 0 Å². The highest BCUT2D eigenvalue weighted by Gasteiger charge is 2.27. The van der Waals surface area contributed by atoms with Gasteiger partial charge in [0, 0.05) is 43.9 Å². The van der Waals surface area contributed by atoms with Gasteiger partial charge in [-0.2, -0.15) is 0 Å². The van der Waals surface area contributed by atoms with Crippen LogP contribution in [0.4, 0.5) is 0 Å². The number of hydrogen-bond donors (Lipinski definition) is 1. The maximum absolute atomic E-state index is 12.2. The van der Waals surface area contributed by atoms with Gasteiger partial charge in [-0.15, -0.1) is 0 Å². The van der Waals surface area contributed by atoms with E-state index in [0.717, 1.165) is 18.4 Å². The van der Waals surface area contributed by atoms with E-state index in [1.807, 2.05) is 30.9 Å². The van der Waals surface area contributed by atoms with E-state index in [2.05, 4.69) is 10.3 Å². The average molecular weight is 289 g/mol. The highest BCUT2D eigenvalue weighted by atomic mass is 16.2. The molecular formula is C16H23N3O2. The number of carbonyl (C=O) groups is 2. The Morgan fingerprint density at radius 2 is 1.90 bits per heavy atom. The standard InChI is InChI=1S/C16H23N3O2/c1-12(2)16(21)19-9-5-14(6-10-19)15(20)18-11-13-3-7-17-8-4-13/h3-4,7-8,12,14H,5-6,9-11H2,1-2H3,(H,18,20). The normalized spacial score (nSPS) is 16.0. The van der Waals surface area contributed by atoms with Crippen molar-refractivity contribution in [1.82, 2.24) is 15.2 Å². The van der Waals surface area contributed by atoms with Gasteiger partial charge in [0.25, 0.3) is 0 Å². The highest BCUT2D eigenvalue weighted by Crippen LogP contribution is 2.19. The van der Waals surface area contributed by atoms with E-state index in [9.17, 15) is 9.59 Å². The molecule has 114 valence electrons. The van der Waals surface area contributed by atoms with Crippen LogP contribution in [0, 0.1) is 11.8 Å². The molecule has 21 heavy (non-hydrogen) atoms. The van der Waals surface area contributed by atoms with Gasteiger partial charge in [0.05, 0.1) is 0 Å². The van der Waals surface area contributed by atoms with E-state index in [1.165, 1.54) is 0 Å². The average Bonchev–Trinajstić information content (AvgIpc) is 2.53. The van der Waals surface area contributed by atoms with Crippen molar-refractivity contribution in [1.29, 1.82) is 0 Å².